The first kappa shape index (κ1) is 16.5. The van der Waals surface area contributed by atoms with Crippen molar-refractivity contribution in [2.75, 3.05) is 19.5 Å². The molecule has 0 saturated heterocycles. The first-order chi connectivity index (χ1) is 12.2. The summed E-state index contributed by atoms with van der Waals surface area (Å²) in [4.78, 5) is 15.9. The molecule has 0 fully saturated rings. The van der Waals surface area contributed by atoms with Gasteiger partial charge in [0.15, 0.2) is 0 Å². The minimum Gasteiger partial charge on any atom is -0.496 e. The molecule has 0 spiro atoms. The third-order valence-electron chi connectivity index (χ3n) is 3.54. The summed E-state index contributed by atoms with van der Waals surface area (Å²) in [6, 6.07) is 14.4. The predicted octanol–water partition coefficient (Wildman–Crippen LogP) is 3.14. The van der Waals surface area contributed by atoms with Gasteiger partial charge in [-0.25, -0.2) is 4.79 Å². The van der Waals surface area contributed by atoms with E-state index in [2.05, 4.69) is 15.5 Å². The van der Waals surface area contributed by atoms with Crippen LogP contribution in [0, 0.1) is 0 Å². The molecule has 1 N–H and O–H groups in total. The van der Waals surface area contributed by atoms with Crippen LogP contribution in [0.15, 0.2) is 53.1 Å². The van der Waals surface area contributed by atoms with Gasteiger partial charge in [-0.05, 0) is 30.3 Å². The van der Waals surface area contributed by atoms with E-state index in [9.17, 15) is 4.79 Å². The fourth-order valence-electron chi connectivity index (χ4n) is 2.32. The highest BCUT2D eigenvalue weighted by molar-refractivity contribution is 5.90. The molecule has 0 saturated carbocycles. The maximum atomic E-state index is 11.6. The number of anilines is 1. The van der Waals surface area contributed by atoms with Crippen LogP contribution < -0.4 is 10.1 Å². The number of carbonyl (C=O) groups excluding carboxylic acids is 1. The molecule has 1 aromatic heterocycles. The van der Waals surface area contributed by atoms with Gasteiger partial charge in [0, 0.05) is 5.69 Å². The van der Waals surface area contributed by atoms with Crippen LogP contribution in [0.4, 0.5) is 5.69 Å². The van der Waals surface area contributed by atoms with Crippen LogP contribution in [-0.4, -0.2) is 30.3 Å². The van der Waals surface area contributed by atoms with Crippen molar-refractivity contribution in [1.82, 2.24) is 10.1 Å². The summed E-state index contributed by atoms with van der Waals surface area (Å²) >= 11 is 0. The van der Waals surface area contributed by atoms with Gasteiger partial charge in [0.05, 0.1) is 31.9 Å². The number of nitrogens with one attached hydrogen (secondary N) is 1. The molecule has 0 aliphatic rings. The molecule has 3 aromatic rings. The highest BCUT2D eigenvalue weighted by Crippen LogP contribution is 2.27. The number of carbonyl (C=O) groups is 1. The van der Waals surface area contributed by atoms with E-state index in [1.165, 1.54) is 7.11 Å². The van der Waals surface area contributed by atoms with Crippen LogP contribution in [0.2, 0.25) is 0 Å². The van der Waals surface area contributed by atoms with Crippen LogP contribution in [0.3, 0.4) is 0 Å². The highest BCUT2D eigenvalue weighted by atomic mass is 16.5. The first-order valence-corrected chi connectivity index (χ1v) is 7.59. The quantitative estimate of drug-likeness (QED) is 0.690. The number of rotatable bonds is 6. The number of hydrogen-bond donors (Lipinski definition) is 1. The second kappa shape index (κ2) is 7.48. The fraction of sp³-hybridized carbons (Fsp3) is 0.167. The topological polar surface area (TPSA) is 86.5 Å². The normalized spacial score (nSPS) is 10.3. The van der Waals surface area contributed by atoms with Gasteiger partial charge in [-0.3, -0.25) is 0 Å². The van der Waals surface area contributed by atoms with Crippen LogP contribution in [0.25, 0.3) is 11.4 Å². The molecular formula is C18H17N3O4. The van der Waals surface area contributed by atoms with Crippen LogP contribution >= 0.6 is 0 Å². The van der Waals surface area contributed by atoms with Crippen molar-refractivity contribution in [3.8, 4) is 17.1 Å². The zero-order chi connectivity index (χ0) is 17.6. The molecule has 0 aliphatic carbocycles. The number of methoxy groups -OCH3 is 2. The lowest BCUT2D eigenvalue weighted by atomic mass is 10.2. The van der Waals surface area contributed by atoms with Gasteiger partial charge in [0.25, 0.3) is 0 Å². The van der Waals surface area contributed by atoms with Crippen molar-refractivity contribution in [3.63, 3.8) is 0 Å². The standard InChI is InChI=1S/C18H17N3O4/c1-23-15-9-4-3-8-14(15)17-20-16(25-21-17)11-19-13-7-5-6-12(10-13)18(22)24-2/h3-10,19H,11H2,1-2H3. The molecular weight excluding hydrogens is 322 g/mol. The summed E-state index contributed by atoms with van der Waals surface area (Å²) in [7, 11) is 2.94. The van der Waals surface area contributed by atoms with Crippen molar-refractivity contribution in [2.45, 2.75) is 6.54 Å². The lowest BCUT2D eigenvalue weighted by Gasteiger charge is -2.05. The van der Waals surface area contributed by atoms with Crippen LogP contribution in [-0.2, 0) is 11.3 Å². The van der Waals surface area contributed by atoms with E-state index < -0.39 is 0 Å². The second-order valence-corrected chi connectivity index (χ2v) is 5.14. The average molecular weight is 339 g/mol. The minimum absolute atomic E-state index is 0.326. The number of ether oxygens (including phenoxy) is 2. The van der Waals surface area contributed by atoms with E-state index in [1.807, 2.05) is 30.3 Å². The molecule has 7 heteroatoms. The molecule has 3 rings (SSSR count). The Bertz CT molecular complexity index is 876. The van der Waals surface area contributed by atoms with E-state index in [4.69, 9.17) is 14.0 Å². The minimum atomic E-state index is -0.389. The Labute approximate surface area is 144 Å². The molecule has 2 aromatic carbocycles. The fourth-order valence-corrected chi connectivity index (χ4v) is 2.32. The molecule has 1 heterocycles. The Morgan fingerprint density at radius 3 is 2.80 bits per heavy atom. The Morgan fingerprint density at radius 2 is 2.00 bits per heavy atom. The number of aromatic nitrogens is 2. The van der Waals surface area contributed by atoms with Crippen LogP contribution in [0.5, 0.6) is 5.75 Å². The Morgan fingerprint density at radius 1 is 1.16 bits per heavy atom. The predicted molar refractivity (Wildman–Crippen MR) is 91.4 cm³/mol. The van der Waals surface area contributed by atoms with Gasteiger partial charge in [0.1, 0.15) is 5.75 Å². The summed E-state index contributed by atoms with van der Waals surface area (Å²) in [6.45, 7) is 0.326. The zero-order valence-electron chi connectivity index (χ0n) is 13.9. The van der Waals surface area contributed by atoms with Gasteiger partial charge in [-0.15, -0.1) is 0 Å². The molecule has 7 nitrogen and oxygen atoms in total. The smallest absolute Gasteiger partial charge is 0.337 e. The number of para-hydroxylation sites is 1. The summed E-state index contributed by atoms with van der Waals surface area (Å²) in [6.07, 6.45) is 0. The maximum absolute atomic E-state index is 11.6. The molecule has 0 aliphatic heterocycles. The van der Waals surface area contributed by atoms with Crippen molar-refractivity contribution < 1.29 is 18.8 Å². The van der Waals surface area contributed by atoms with E-state index in [-0.39, 0.29) is 5.97 Å². The van der Waals surface area contributed by atoms with Gasteiger partial charge < -0.3 is 19.3 Å². The van der Waals surface area contributed by atoms with Crippen molar-refractivity contribution >= 4 is 11.7 Å². The number of nitrogens with zero attached hydrogens (tertiary/aromatic N) is 2. The molecule has 0 amide bonds. The summed E-state index contributed by atoms with van der Waals surface area (Å²) < 4.78 is 15.3. The number of benzene rings is 2. The SMILES string of the molecule is COC(=O)c1cccc(NCc2nc(-c3ccccc3OC)no2)c1. The monoisotopic (exact) mass is 339 g/mol. The Balaban J connectivity index is 1.71. The molecule has 0 atom stereocenters. The molecule has 0 bridgehead atoms. The first-order valence-electron chi connectivity index (χ1n) is 7.59. The van der Waals surface area contributed by atoms with E-state index in [1.54, 1.807) is 25.3 Å². The van der Waals surface area contributed by atoms with Crippen molar-refractivity contribution in [3.05, 3.63) is 60.0 Å². The summed E-state index contributed by atoms with van der Waals surface area (Å²) in [5.74, 6) is 1.16. The lowest BCUT2D eigenvalue weighted by Crippen LogP contribution is -2.04. The number of esters is 1. The third kappa shape index (κ3) is 3.77. The van der Waals surface area contributed by atoms with E-state index in [0.717, 1.165) is 11.3 Å². The number of hydrogen-bond acceptors (Lipinski definition) is 7. The van der Waals surface area contributed by atoms with Gasteiger partial charge in [0.2, 0.25) is 11.7 Å². The highest BCUT2D eigenvalue weighted by Gasteiger charge is 2.13. The second-order valence-electron chi connectivity index (χ2n) is 5.14. The van der Waals surface area contributed by atoms with Crippen molar-refractivity contribution in [2.24, 2.45) is 0 Å². The van der Waals surface area contributed by atoms with Crippen molar-refractivity contribution in [1.29, 1.82) is 0 Å². The van der Waals surface area contributed by atoms with Gasteiger partial charge in [-0.2, -0.15) is 4.98 Å². The Hall–Kier alpha value is -3.35. The summed E-state index contributed by atoms with van der Waals surface area (Å²) in [5, 5.41) is 7.12. The maximum Gasteiger partial charge on any atom is 0.337 e. The molecule has 0 unspecified atom stereocenters. The third-order valence-corrected chi connectivity index (χ3v) is 3.54. The summed E-state index contributed by atoms with van der Waals surface area (Å²) in [5.41, 5.74) is 1.97. The van der Waals surface area contributed by atoms with Gasteiger partial charge in [-0.1, -0.05) is 23.4 Å². The van der Waals surface area contributed by atoms with Crippen LogP contribution in [0.1, 0.15) is 16.2 Å². The van der Waals surface area contributed by atoms with Gasteiger partial charge >= 0.3 is 5.97 Å². The largest absolute Gasteiger partial charge is 0.496 e. The van der Waals surface area contributed by atoms with E-state index in [0.29, 0.717) is 29.6 Å². The molecule has 25 heavy (non-hydrogen) atoms. The van der Waals surface area contributed by atoms with E-state index >= 15 is 0 Å². The average Bonchev–Trinajstić information content (AvgIpc) is 3.14. The molecule has 0 radical (unpaired) electrons. The zero-order valence-corrected chi connectivity index (χ0v) is 13.9. The molecule has 128 valence electrons. The lowest BCUT2D eigenvalue weighted by molar-refractivity contribution is 0.0601. The Kier molecular flexibility index (Phi) is 4.94.